The Morgan fingerprint density at radius 2 is 2.05 bits per heavy atom. The molecular weight excluding hydrogens is 407 g/mol. The van der Waals surface area contributed by atoms with Crippen molar-refractivity contribution in [3.63, 3.8) is 0 Å². The molecule has 1 fully saturated rings. The molecule has 6 heteroatoms. The van der Waals surface area contributed by atoms with Crippen molar-refractivity contribution < 1.29 is 0 Å². The fraction of sp³-hybridized carbons (Fsp3) is 0.750. The number of aliphatic imine (C=N–C) groups is 1. The van der Waals surface area contributed by atoms with E-state index in [4.69, 9.17) is 4.98 Å². The summed E-state index contributed by atoms with van der Waals surface area (Å²) in [5.74, 6) is 0.925. The number of thiazole rings is 1. The van der Waals surface area contributed by atoms with Gasteiger partial charge in [0.05, 0.1) is 10.7 Å². The van der Waals surface area contributed by atoms with Gasteiger partial charge in [0.15, 0.2) is 5.96 Å². The first-order valence-electron chi connectivity index (χ1n) is 7.91. The maximum Gasteiger partial charge on any atom is 0.191 e. The number of hydrogen-bond donors (Lipinski definition) is 2. The molecule has 1 aromatic rings. The normalized spacial score (nSPS) is 16.5. The first kappa shape index (κ1) is 19.7. The van der Waals surface area contributed by atoms with Crippen LogP contribution in [0.25, 0.3) is 0 Å². The number of nitrogens with one attached hydrogen (secondary N) is 2. The second kappa shape index (κ2) is 9.05. The third-order valence-corrected chi connectivity index (χ3v) is 4.78. The van der Waals surface area contributed by atoms with Gasteiger partial charge in [0, 0.05) is 36.9 Å². The molecule has 1 heterocycles. The van der Waals surface area contributed by atoms with Crippen LogP contribution < -0.4 is 10.6 Å². The second-order valence-electron chi connectivity index (χ2n) is 6.75. The summed E-state index contributed by atoms with van der Waals surface area (Å²) in [6.45, 7) is 7.50. The summed E-state index contributed by atoms with van der Waals surface area (Å²) in [7, 11) is 1.84. The predicted molar refractivity (Wildman–Crippen MR) is 107 cm³/mol. The van der Waals surface area contributed by atoms with E-state index in [1.165, 1.54) is 36.4 Å². The van der Waals surface area contributed by atoms with Gasteiger partial charge < -0.3 is 10.6 Å². The molecule has 0 unspecified atom stereocenters. The van der Waals surface area contributed by atoms with Crippen LogP contribution in [0.15, 0.2) is 10.4 Å². The molecule has 0 amide bonds. The highest BCUT2D eigenvalue weighted by Gasteiger charge is 2.18. The molecule has 1 aliphatic rings. The van der Waals surface area contributed by atoms with E-state index < -0.39 is 0 Å². The van der Waals surface area contributed by atoms with Crippen molar-refractivity contribution in [2.45, 2.75) is 64.3 Å². The molecule has 22 heavy (non-hydrogen) atoms. The highest BCUT2D eigenvalue weighted by molar-refractivity contribution is 14.0. The second-order valence-corrected chi connectivity index (χ2v) is 7.69. The van der Waals surface area contributed by atoms with Crippen molar-refractivity contribution in [2.75, 3.05) is 13.6 Å². The average molecular weight is 436 g/mol. The first-order chi connectivity index (χ1) is 9.99. The van der Waals surface area contributed by atoms with Gasteiger partial charge in [-0.2, -0.15) is 0 Å². The van der Waals surface area contributed by atoms with Crippen molar-refractivity contribution in [1.82, 2.24) is 15.6 Å². The van der Waals surface area contributed by atoms with E-state index in [-0.39, 0.29) is 29.4 Å². The van der Waals surface area contributed by atoms with E-state index >= 15 is 0 Å². The zero-order chi connectivity index (χ0) is 15.3. The maximum atomic E-state index is 4.73. The van der Waals surface area contributed by atoms with E-state index in [2.05, 4.69) is 41.8 Å². The first-order valence-corrected chi connectivity index (χ1v) is 8.79. The van der Waals surface area contributed by atoms with Crippen LogP contribution in [-0.4, -0.2) is 30.6 Å². The standard InChI is InChI=1S/C16H28N4S.HI/c1-16(2,3)13-11-21-14(20-13)9-10-18-15(17-4)19-12-7-5-6-8-12;/h11-12H,5-10H2,1-4H3,(H2,17,18,19);1H. The number of aromatic nitrogens is 1. The average Bonchev–Trinajstić information content (AvgIpc) is 3.07. The predicted octanol–water partition coefficient (Wildman–Crippen LogP) is 3.71. The fourth-order valence-corrected chi connectivity index (χ4v) is 3.54. The molecule has 1 saturated carbocycles. The maximum absolute atomic E-state index is 4.73. The Bertz CT molecular complexity index is 473. The Labute approximate surface area is 155 Å². The largest absolute Gasteiger partial charge is 0.356 e. The van der Waals surface area contributed by atoms with Gasteiger partial charge in [-0.05, 0) is 12.8 Å². The fourth-order valence-electron chi connectivity index (χ4n) is 2.52. The van der Waals surface area contributed by atoms with Crippen LogP contribution in [-0.2, 0) is 11.8 Å². The summed E-state index contributed by atoms with van der Waals surface area (Å²) >= 11 is 1.76. The Morgan fingerprint density at radius 3 is 2.59 bits per heavy atom. The van der Waals surface area contributed by atoms with Gasteiger partial charge in [-0.15, -0.1) is 35.3 Å². The minimum Gasteiger partial charge on any atom is -0.356 e. The van der Waals surface area contributed by atoms with Crippen LogP contribution in [0, 0.1) is 0 Å². The number of hydrogen-bond acceptors (Lipinski definition) is 3. The monoisotopic (exact) mass is 436 g/mol. The van der Waals surface area contributed by atoms with Crippen molar-refractivity contribution in [3.05, 3.63) is 16.1 Å². The summed E-state index contributed by atoms with van der Waals surface area (Å²) in [4.78, 5) is 9.03. The third kappa shape index (κ3) is 6.02. The molecule has 0 bridgehead atoms. The van der Waals surface area contributed by atoms with E-state index in [0.717, 1.165) is 18.9 Å². The summed E-state index contributed by atoms with van der Waals surface area (Å²) < 4.78 is 0. The molecule has 0 radical (unpaired) electrons. The Kier molecular flexibility index (Phi) is 8.10. The molecule has 4 nitrogen and oxygen atoms in total. The van der Waals surface area contributed by atoms with E-state index in [1.807, 2.05) is 7.05 Å². The lowest BCUT2D eigenvalue weighted by molar-refractivity contribution is 0.570. The van der Waals surface area contributed by atoms with Crippen molar-refractivity contribution >= 4 is 41.3 Å². The molecule has 2 rings (SSSR count). The molecule has 0 aromatic carbocycles. The Balaban J connectivity index is 0.00000242. The van der Waals surface area contributed by atoms with Crippen LogP contribution in [0.4, 0.5) is 0 Å². The summed E-state index contributed by atoms with van der Waals surface area (Å²) in [5, 5.41) is 10.3. The summed E-state index contributed by atoms with van der Waals surface area (Å²) in [5.41, 5.74) is 1.33. The number of rotatable bonds is 4. The molecule has 1 aromatic heterocycles. The van der Waals surface area contributed by atoms with E-state index in [9.17, 15) is 0 Å². The van der Waals surface area contributed by atoms with Crippen molar-refractivity contribution in [2.24, 2.45) is 4.99 Å². The van der Waals surface area contributed by atoms with Crippen LogP contribution in [0.1, 0.15) is 57.2 Å². The topological polar surface area (TPSA) is 49.3 Å². The molecule has 0 aliphatic heterocycles. The number of halogens is 1. The summed E-state index contributed by atoms with van der Waals surface area (Å²) in [6.07, 6.45) is 6.16. The van der Waals surface area contributed by atoms with E-state index in [1.54, 1.807) is 11.3 Å². The lowest BCUT2D eigenvalue weighted by atomic mass is 9.93. The third-order valence-electron chi connectivity index (χ3n) is 3.87. The van der Waals surface area contributed by atoms with Gasteiger partial charge in [-0.3, -0.25) is 4.99 Å². The Morgan fingerprint density at radius 1 is 1.36 bits per heavy atom. The molecule has 0 atom stereocenters. The SMILES string of the molecule is CN=C(NCCc1nc(C(C)(C)C)cs1)NC1CCCC1.I. The van der Waals surface area contributed by atoms with E-state index in [0.29, 0.717) is 6.04 Å². The molecule has 0 spiro atoms. The smallest absolute Gasteiger partial charge is 0.191 e. The van der Waals surface area contributed by atoms with Crippen LogP contribution in [0.3, 0.4) is 0 Å². The van der Waals surface area contributed by atoms with Gasteiger partial charge in [0.1, 0.15) is 0 Å². The van der Waals surface area contributed by atoms with Gasteiger partial charge in [-0.1, -0.05) is 33.6 Å². The lowest BCUT2D eigenvalue weighted by Gasteiger charge is -2.16. The van der Waals surface area contributed by atoms with Crippen LogP contribution >= 0.6 is 35.3 Å². The zero-order valence-electron chi connectivity index (χ0n) is 14.1. The molecule has 0 saturated heterocycles. The molecule has 2 N–H and O–H groups in total. The minimum atomic E-state index is 0. The van der Waals surface area contributed by atoms with Gasteiger partial charge in [-0.25, -0.2) is 4.98 Å². The highest BCUT2D eigenvalue weighted by Crippen LogP contribution is 2.23. The lowest BCUT2D eigenvalue weighted by Crippen LogP contribution is -2.43. The summed E-state index contributed by atoms with van der Waals surface area (Å²) in [6, 6.07) is 0.601. The van der Waals surface area contributed by atoms with Gasteiger partial charge in [0.25, 0.3) is 0 Å². The minimum absolute atomic E-state index is 0. The van der Waals surface area contributed by atoms with Crippen molar-refractivity contribution in [1.29, 1.82) is 0 Å². The number of guanidine groups is 1. The number of nitrogens with zero attached hydrogens (tertiary/aromatic N) is 2. The van der Waals surface area contributed by atoms with Gasteiger partial charge in [0.2, 0.25) is 0 Å². The highest BCUT2D eigenvalue weighted by atomic mass is 127. The Hall–Kier alpha value is -0.370. The van der Waals surface area contributed by atoms with Crippen LogP contribution in [0.5, 0.6) is 0 Å². The zero-order valence-corrected chi connectivity index (χ0v) is 17.3. The molecular formula is C16H29IN4S. The molecule has 1 aliphatic carbocycles. The van der Waals surface area contributed by atoms with Crippen molar-refractivity contribution in [3.8, 4) is 0 Å². The molecule has 126 valence electrons. The quantitative estimate of drug-likeness (QED) is 0.430. The van der Waals surface area contributed by atoms with Gasteiger partial charge >= 0.3 is 0 Å². The van der Waals surface area contributed by atoms with Crippen LogP contribution in [0.2, 0.25) is 0 Å².